The quantitative estimate of drug-likeness (QED) is 0.729. The van der Waals surface area contributed by atoms with Crippen molar-refractivity contribution in [1.82, 2.24) is 19.7 Å². The maximum atomic E-state index is 4.41. The molecule has 0 saturated carbocycles. The van der Waals surface area contributed by atoms with E-state index in [1.807, 2.05) is 47.9 Å². The van der Waals surface area contributed by atoms with Gasteiger partial charge in [0.1, 0.15) is 12.1 Å². The minimum Gasteiger partial charge on any atom is -0.362 e. The molecule has 6 heteroatoms. The number of halogens is 1. The van der Waals surface area contributed by atoms with Crippen LogP contribution in [0.4, 0.5) is 5.82 Å². The van der Waals surface area contributed by atoms with Gasteiger partial charge in [0.2, 0.25) is 0 Å². The van der Waals surface area contributed by atoms with Crippen molar-refractivity contribution in [3.63, 3.8) is 0 Å². The van der Waals surface area contributed by atoms with Gasteiger partial charge in [-0.3, -0.25) is 0 Å². The summed E-state index contributed by atoms with van der Waals surface area (Å²) >= 11 is 3.43. The zero-order valence-electron chi connectivity index (χ0n) is 10.6. The second-order valence-corrected chi connectivity index (χ2v) is 5.28. The van der Waals surface area contributed by atoms with Crippen molar-refractivity contribution in [2.75, 3.05) is 19.0 Å². The zero-order chi connectivity index (χ0) is 13.4. The lowest BCUT2D eigenvalue weighted by atomic mass is 10.3. The van der Waals surface area contributed by atoms with Crippen LogP contribution in [0, 0.1) is 0 Å². The van der Waals surface area contributed by atoms with Crippen LogP contribution in [0.3, 0.4) is 0 Å². The molecular weight excluding hydrogens is 306 g/mol. The van der Waals surface area contributed by atoms with Crippen molar-refractivity contribution in [1.29, 1.82) is 0 Å². The first-order valence-electron chi connectivity index (χ1n) is 5.79. The third-order valence-electron chi connectivity index (χ3n) is 2.84. The van der Waals surface area contributed by atoms with Gasteiger partial charge in [0.15, 0.2) is 5.65 Å². The highest BCUT2D eigenvalue weighted by Gasteiger charge is 2.11. The number of nitrogens with zero attached hydrogens (tertiary/aromatic N) is 5. The number of hydrogen-bond donors (Lipinski definition) is 0. The Kier molecular flexibility index (Phi) is 2.94. The van der Waals surface area contributed by atoms with Crippen molar-refractivity contribution in [3.05, 3.63) is 41.3 Å². The van der Waals surface area contributed by atoms with E-state index in [0.29, 0.717) is 0 Å². The molecule has 3 aromatic rings. The molecule has 0 aliphatic heterocycles. The number of benzene rings is 1. The van der Waals surface area contributed by atoms with Crippen molar-refractivity contribution in [2.45, 2.75) is 0 Å². The molecule has 0 spiro atoms. The molecule has 96 valence electrons. The second-order valence-electron chi connectivity index (χ2n) is 4.36. The third kappa shape index (κ3) is 2.08. The first-order chi connectivity index (χ1) is 9.16. The smallest absolute Gasteiger partial charge is 0.168 e. The summed E-state index contributed by atoms with van der Waals surface area (Å²) in [5.41, 5.74) is 1.78. The first-order valence-corrected chi connectivity index (χ1v) is 6.58. The van der Waals surface area contributed by atoms with Gasteiger partial charge in [-0.15, -0.1) is 0 Å². The highest BCUT2D eigenvalue weighted by molar-refractivity contribution is 9.10. The van der Waals surface area contributed by atoms with Crippen LogP contribution in [-0.2, 0) is 0 Å². The Morgan fingerprint density at radius 3 is 2.53 bits per heavy atom. The monoisotopic (exact) mass is 317 g/mol. The standard InChI is InChI=1S/C13H12BrN5/c1-18(2)12-11-7-17-19(13(11)16-8-15-12)10-5-3-9(14)4-6-10/h3-8H,1-2H3. The van der Waals surface area contributed by atoms with Crippen LogP contribution in [0.15, 0.2) is 41.3 Å². The molecule has 0 aliphatic rings. The van der Waals surface area contributed by atoms with Crippen molar-refractivity contribution in [3.8, 4) is 5.69 Å². The van der Waals surface area contributed by atoms with Gasteiger partial charge >= 0.3 is 0 Å². The summed E-state index contributed by atoms with van der Waals surface area (Å²) < 4.78 is 2.85. The largest absolute Gasteiger partial charge is 0.362 e. The van der Waals surface area contributed by atoms with Gasteiger partial charge < -0.3 is 4.90 Å². The molecule has 19 heavy (non-hydrogen) atoms. The molecule has 0 atom stereocenters. The predicted octanol–water partition coefficient (Wildman–Crippen LogP) is 2.64. The van der Waals surface area contributed by atoms with Gasteiger partial charge in [-0.2, -0.15) is 5.10 Å². The fourth-order valence-corrected chi connectivity index (χ4v) is 2.22. The third-order valence-corrected chi connectivity index (χ3v) is 3.37. The van der Waals surface area contributed by atoms with E-state index in [2.05, 4.69) is 31.0 Å². The fourth-order valence-electron chi connectivity index (χ4n) is 1.96. The maximum Gasteiger partial charge on any atom is 0.168 e. The molecule has 0 unspecified atom stereocenters. The van der Waals surface area contributed by atoms with Crippen LogP contribution >= 0.6 is 15.9 Å². The number of rotatable bonds is 2. The van der Waals surface area contributed by atoms with Crippen LogP contribution in [-0.4, -0.2) is 33.8 Å². The Labute approximate surface area is 119 Å². The lowest BCUT2D eigenvalue weighted by molar-refractivity contribution is 0.894. The summed E-state index contributed by atoms with van der Waals surface area (Å²) in [7, 11) is 3.91. The predicted molar refractivity (Wildman–Crippen MR) is 78.7 cm³/mol. The SMILES string of the molecule is CN(C)c1ncnc2c1cnn2-c1ccc(Br)cc1. The Morgan fingerprint density at radius 1 is 1.11 bits per heavy atom. The van der Waals surface area contributed by atoms with E-state index in [1.54, 1.807) is 12.5 Å². The molecule has 0 fully saturated rings. The highest BCUT2D eigenvalue weighted by Crippen LogP contribution is 2.23. The van der Waals surface area contributed by atoms with E-state index in [9.17, 15) is 0 Å². The Hall–Kier alpha value is -1.95. The fraction of sp³-hybridized carbons (Fsp3) is 0.154. The summed E-state index contributed by atoms with van der Waals surface area (Å²) in [5.74, 6) is 0.869. The van der Waals surface area contributed by atoms with Crippen LogP contribution in [0.2, 0.25) is 0 Å². The van der Waals surface area contributed by atoms with E-state index in [1.165, 1.54) is 0 Å². The van der Waals surface area contributed by atoms with Crippen LogP contribution in [0.1, 0.15) is 0 Å². The number of fused-ring (bicyclic) bond motifs is 1. The summed E-state index contributed by atoms with van der Waals surface area (Å²) in [6.07, 6.45) is 3.36. The molecule has 1 aromatic carbocycles. The lowest BCUT2D eigenvalue weighted by Crippen LogP contribution is -2.11. The summed E-state index contributed by atoms with van der Waals surface area (Å²) in [6, 6.07) is 7.95. The van der Waals surface area contributed by atoms with Gasteiger partial charge in [0, 0.05) is 18.6 Å². The molecule has 0 amide bonds. The molecular formula is C13H12BrN5. The zero-order valence-corrected chi connectivity index (χ0v) is 12.2. The number of hydrogen-bond acceptors (Lipinski definition) is 4. The van der Waals surface area contributed by atoms with Crippen molar-refractivity contribution < 1.29 is 0 Å². The Morgan fingerprint density at radius 2 is 1.84 bits per heavy atom. The molecule has 0 bridgehead atoms. The minimum absolute atomic E-state index is 0.807. The Balaban J connectivity index is 2.21. The van der Waals surface area contributed by atoms with E-state index >= 15 is 0 Å². The van der Waals surface area contributed by atoms with Gasteiger partial charge in [-0.25, -0.2) is 14.6 Å². The molecule has 2 heterocycles. The molecule has 0 N–H and O–H groups in total. The van der Waals surface area contributed by atoms with Crippen LogP contribution in [0.25, 0.3) is 16.7 Å². The normalized spacial score (nSPS) is 10.9. The van der Waals surface area contributed by atoms with Crippen molar-refractivity contribution in [2.24, 2.45) is 0 Å². The van der Waals surface area contributed by atoms with E-state index in [4.69, 9.17) is 0 Å². The lowest BCUT2D eigenvalue weighted by Gasteiger charge is -2.11. The molecule has 5 nitrogen and oxygen atoms in total. The van der Waals surface area contributed by atoms with Gasteiger partial charge in [-0.05, 0) is 24.3 Å². The number of anilines is 1. The van der Waals surface area contributed by atoms with Gasteiger partial charge in [0.05, 0.1) is 17.3 Å². The Bertz CT molecular complexity index is 717. The molecule has 0 radical (unpaired) electrons. The minimum atomic E-state index is 0.807. The average Bonchev–Trinajstić information content (AvgIpc) is 2.83. The van der Waals surface area contributed by atoms with Crippen LogP contribution in [0.5, 0.6) is 0 Å². The topological polar surface area (TPSA) is 46.8 Å². The molecule has 3 rings (SSSR count). The number of aromatic nitrogens is 4. The van der Waals surface area contributed by atoms with E-state index in [-0.39, 0.29) is 0 Å². The first kappa shape index (κ1) is 12.1. The molecule has 0 saturated heterocycles. The van der Waals surface area contributed by atoms with E-state index in [0.717, 1.165) is 27.0 Å². The second kappa shape index (κ2) is 4.62. The van der Waals surface area contributed by atoms with Crippen LogP contribution < -0.4 is 4.90 Å². The average molecular weight is 318 g/mol. The molecule has 2 aromatic heterocycles. The maximum absolute atomic E-state index is 4.41. The summed E-state index contributed by atoms with van der Waals surface area (Å²) in [6.45, 7) is 0. The van der Waals surface area contributed by atoms with Crippen molar-refractivity contribution >= 4 is 32.8 Å². The summed E-state index contributed by atoms with van der Waals surface area (Å²) in [5, 5.41) is 5.35. The van der Waals surface area contributed by atoms with Gasteiger partial charge in [-0.1, -0.05) is 15.9 Å². The van der Waals surface area contributed by atoms with E-state index < -0.39 is 0 Å². The summed E-state index contributed by atoms with van der Waals surface area (Å²) in [4.78, 5) is 10.6. The highest BCUT2D eigenvalue weighted by atomic mass is 79.9. The van der Waals surface area contributed by atoms with Gasteiger partial charge in [0.25, 0.3) is 0 Å². The molecule has 0 aliphatic carbocycles.